The number of aromatic nitrogens is 2. The topological polar surface area (TPSA) is 65.2 Å². The van der Waals surface area contributed by atoms with Crippen LogP contribution in [0.4, 0.5) is 0 Å². The number of benzene rings is 1. The molecule has 0 spiro atoms. The number of thiophene rings is 1. The molecule has 0 bridgehead atoms. The molecule has 22 heavy (non-hydrogen) atoms. The molecule has 0 N–H and O–H groups in total. The zero-order valence-electron chi connectivity index (χ0n) is 12.1. The minimum atomic E-state index is -0.598. The van der Waals surface area contributed by atoms with Gasteiger partial charge in [-0.3, -0.25) is 0 Å². The molecule has 3 rings (SSSR count). The monoisotopic (exact) mass is 314 g/mol. The smallest absolute Gasteiger partial charge is 0.339 e. The Morgan fingerprint density at radius 3 is 2.68 bits per heavy atom. The number of carbonyl (C=O) groups is 1. The minimum Gasteiger partial charge on any atom is -0.449 e. The maximum Gasteiger partial charge on any atom is 0.339 e. The van der Waals surface area contributed by atoms with Crippen molar-refractivity contribution < 1.29 is 13.9 Å². The molecule has 1 aromatic carbocycles. The average molecular weight is 314 g/mol. The third-order valence-electron chi connectivity index (χ3n) is 3.13. The summed E-state index contributed by atoms with van der Waals surface area (Å²) in [6, 6.07) is 9.48. The fraction of sp³-hybridized carbons (Fsp3) is 0.188. The molecule has 0 amide bonds. The summed E-state index contributed by atoms with van der Waals surface area (Å²) in [5.74, 6) is 0.288. The van der Waals surface area contributed by atoms with Gasteiger partial charge in [0.05, 0.1) is 5.56 Å². The van der Waals surface area contributed by atoms with Crippen LogP contribution >= 0.6 is 11.3 Å². The molecule has 5 nitrogen and oxygen atoms in total. The lowest BCUT2D eigenvalue weighted by Crippen LogP contribution is -2.08. The summed E-state index contributed by atoms with van der Waals surface area (Å²) in [7, 11) is 0. The third-order valence-corrected chi connectivity index (χ3v) is 3.81. The van der Waals surface area contributed by atoms with Crippen LogP contribution < -0.4 is 0 Å². The maximum absolute atomic E-state index is 11.9. The highest BCUT2D eigenvalue weighted by molar-refractivity contribution is 7.08. The second-order valence-corrected chi connectivity index (χ2v) is 5.65. The summed E-state index contributed by atoms with van der Waals surface area (Å²) in [5.41, 5.74) is 2.51. The lowest BCUT2D eigenvalue weighted by Gasteiger charge is -2.08. The van der Waals surface area contributed by atoms with Crippen molar-refractivity contribution in [1.29, 1.82) is 0 Å². The minimum absolute atomic E-state index is 0.277. The van der Waals surface area contributed by atoms with Gasteiger partial charge in [-0.2, -0.15) is 11.3 Å². The fourth-order valence-corrected chi connectivity index (χ4v) is 2.50. The molecular formula is C16H14N2O3S. The van der Waals surface area contributed by atoms with Gasteiger partial charge in [0.1, 0.15) is 0 Å². The van der Waals surface area contributed by atoms with E-state index in [1.54, 1.807) is 18.4 Å². The Morgan fingerprint density at radius 2 is 2.00 bits per heavy atom. The highest BCUT2D eigenvalue weighted by atomic mass is 32.1. The molecule has 1 atom stereocenters. The van der Waals surface area contributed by atoms with Crippen molar-refractivity contribution in [1.82, 2.24) is 10.2 Å². The standard InChI is InChI=1S/C16H14N2O3S/c1-10-3-5-12(6-4-10)15-18-17-14(21-15)11(2)20-16(19)13-7-8-22-9-13/h3-9,11H,1-2H3/t11-/m1/s1. The van der Waals surface area contributed by atoms with Gasteiger partial charge in [0, 0.05) is 10.9 Å². The highest BCUT2D eigenvalue weighted by Gasteiger charge is 2.20. The van der Waals surface area contributed by atoms with E-state index in [-0.39, 0.29) is 5.89 Å². The third kappa shape index (κ3) is 3.07. The van der Waals surface area contributed by atoms with Crippen LogP contribution in [-0.4, -0.2) is 16.2 Å². The van der Waals surface area contributed by atoms with Gasteiger partial charge in [0.15, 0.2) is 6.10 Å². The van der Waals surface area contributed by atoms with Crippen LogP contribution in [0.3, 0.4) is 0 Å². The first kappa shape index (κ1) is 14.5. The van der Waals surface area contributed by atoms with Gasteiger partial charge >= 0.3 is 5.97 Å². The molecule has 2 heterocycles. The first-order valence-corrected chi connectivity index (χ1v) is 7.71. The van der Waals surface area contributed by atoms with Crippen LogP contribution in [0.25, 0.3) is 11.5 Å². The van der Waals surface area contributed by atoms with E-state index in [1.807, 2.05) is 36.6 Å². The average Bonchev–Trinajstić information content (AvgIpc) is 3.20. The van der Waals surface area contributed by atoms with E-state index in [0.29, 0.717) is 11.5 Å². The summed E-state index contributed by atoms with van der Waals surface area (Å²) in [5, 5.41) is 11.5. The highest BCUT2D eigenvalue weighted by Crippen LogP contribution is 2.23. The number of nitrogens with zero attached hydrogens (tertiary/aromatic N) is 2. The summed E-state index contributed by atoms with van der Waals surface area (Å²) >= 11 is 1.44. The van der Waals surface area contributed by atoms with Crippen molar-refractivity contribution in [2.45, 2.75) is 20.0 Å². The molecule has 0 aliphatic heterocycles. The number of rotatable bonds is 4. The molecule has 6 heteroatoms. The Hall–Kier alpha value is -2.47. The molecule has 0 aliphatic rings. The van der Waals surface area contributed by atoms with E-state index in [2.05, 4.69) is 10.2 Å². The van der Waals surface area contributed by atoms with Gasteiger partial charge in [-0.05, 0) is 37.4 Å². The van der Waals surface area contributed by atoms with E-state index < -0.39 is 12.1 Å². The summed E-state index contributed by atoms with van der Waals surface area (Å²) in [4.78, 5) is 11.9. The SMILES string of the molecule is Cc1ccc(-c2nnc([C@@H](C)OC(=O)c3ccsc3)o2)cc1. The first-order chi connectivity index (χ1) is 10.6. The van der Waals surface area contributed by atoms with E-state index in [0.717, 1.165) is 11.1 Å². The van der Waals surface area contributed by atoms with Gasteiger partial charge < -0.3 is 9.15 Å². The molecule has 0 unspecified atom stereocenters. The molecule has 112 valence electrons. The fourth-order valence-electron chi connectivity index (χ4n) is 1.87. The van der Waals surface area contributed by atoms with Gasteiger partial charge in [-0.1, -0.05) is 17.7 Å². The molecule has 0 fully saturated rings. The Bertz CT molecular complexity index is 763. The maximum atomic E-state index is 11.9. The molecule has 3 aromatic rings. The molecular weight excluding hydrogens is 300 g/mol. The van der Waals surface area contributed by atoms with Crippen LogP contribution in [0.1, 0.15) is 34.8 Å². The van der Waals surface area contributed by atoms with Gasteiger partial charge in [0.2, 0.25) is 5.89 Å². The van der Waals surface area contributed by atoms with E-state index in [1.165, 1.54) is 11.3 Å². The summed E-state index contributed by atoms with van der Waals surface area (Å²) in [6.07, 6.45) is -0.598. The first-order valence-electron chi connectivity index (χ1n) is 6.77. The van der Waals surface area contributed by atoms with Crippen LogP contribution in [0.2, 0.25) is 0 Å². The Morgan fingerprint density at radius 1 is 1.23 bits per heavy atom. The Kier molecular flexibility index (Phi) is 4.02. The summed E-state index contributed by atoms with van der Waals surface area (Å²) in [6.45, 7) is 3.71. The van der Waals surface area contributed by atoms with Crippen molar-refractivity contribution in [3.05, 3.63) is 58.1 Å². The van der Waals surface area contributed by atoms with Crippen LogP contribution in [-0.2, 0) is 4.74 Å². The number of esters is 1. The van der Waals surface area contributed by atoms with E-state index >= 15 is 0 Å². The number of carbonyl (C=O) groups excluding carboxylic acids is 1. The van der Waals surface area contributed by atoms with E-state index in [9.17, 15) is 4.79 Å². The Labute approximate surface area is 131 Å². The Balaban J connectivity index is 1.73. The molecule has 0 aliphatic carbocycles. The van der Waals surface area contributed by atoms with Gasteiger partial charge in [0.25, 0.3) is 5.89 Å². The second-order valence-electron chi connectivity index (χ2n) is 4.87. The van der Waals surface area contributed by atoms with Crippen molar-refractivity contribution in [2.24, 2.45) is 0 Å². The number of hydrogen-bond acceptors (Lipinski definition) is 6. The van der Waals surface area contributed by atoms with E-state index in [4.69, 9.17) is 9.15 Å². The van der Waals surface area contributed by atoms with Crippen molar-refractivity contribution in [2.75, 3.05) is 0 Å². The quantitative estimate of drug-likeness (QED) is 0.680. The lowest BCUT2D eigenvalue weighted by atomic mass is 10.1. The predicted molar refractivity (Wildman–Crippen MR) is 82.6 cm³/mol. The zero-order valence-corrected chi connectivity index (χ0v) is 13.0. The number of hydrogen-bond donors (Lipinski definition) is 0. The molecule has 0 saturated carbocycles. The van der Waals surface area contributed by atoms with Gasteiger partial charge in [-0.25, -0.2) is 4.79 Å². The number of aryl methyl sites for hydroxylation is 1. The van der Waals surface area contributed by atoms with Crippen molar-refractivity contribution >= 4 is 17.3 Å². The molecule has 0 saturated heterocycles. The summed E-state index contributed by atoms with van der Waals surface area (Å²) < 4.78 is 10.9. The lowest BCUT2D eigenvalue weighted by molar-refractivity contribution is 0.0280. The van der Waals surface area contributed by atoms with Gasteiger partial charge in [-0.15, -0.1) is 10.2 Å². The predicted octanol–water partition coefficient (Wildman–Crippen LogP) is 4.02. The van der Waals surface area contributed by atoms with Crippen LogP contribution in [0.15, 0.2) is 45.5 Å². The van der Waals surface area contributed by atoms with Crippen molar-refractivity contribution in [3.8, 4) is 11.5 Å². The van der Waals surface area contributed by atoms with Crippen LogP contribution in [0.5, 0.6) is 0 Å². The molecule has 2 aromatic heterocycles. The van der Waals surface area contributed by atoms with Crippen LogP contribution in [0, 0.1) is 6.92 Å². The second kappa shape index (κ2) is 6.11. The molecule has 0 radical (unpaired) electrons. The largest absolute Gasteiger partial charge is 0.449 e. The number of ether oxygens (including phenoxy) is 1. The normalized spacial score (nSPS) is 12.1. The van der Waals surface area contributed by atoms with Crippen molar-refractivity contribution in [3.63, 3.8) is 0 Å². The zero-order chi connectivity index (χ0) is 15.5.